The summed E-state index contributed by atoms with van der Waals surface area (Å²) in [6.07, 6.45) is -0.0626. The van der Waals surface area contributed by atoms with Crippen LogP contribution in [0.5, 0.6) is 0 Å². The molecule has 0 aromatic heterocycles. The average Bonchev–Trinajstić information content (AvgIpc) is 2.45. The van der Waals surface area contributed by atoms with Gasteiger partial charge in [-0.05, 0) is 28.0 Å². The van der Waals surface area contributed by atoms with Crippen LogP contribution in [0.2, 0.25) is 0 Å². The fourth-order valence-corrected chi connectivity index (χ4v) is 1.39. The van der Waals surface area contributed by atoms with E-state index in [0.29, 0.717) is 5.56 Å². The molecular weight excluding hydrogens is 256 g/mol. The number of benzene rings is 1. The predicted molar refractivity (Wildman–Crippen MR) is 64.7 cm³/mol. The Hall–Kier alpha value is -2.91. The Kier molecular flexibility index (Phi) is 5.02. The monoisotopic (exact) mass is 264 g/mol. The SMILES string of the molecule is NN=N[C@@H](Cc1ccc(N=O)c(N=O)c1)C(=O)N=O. The normalized spacial score (nSPS) is 12.0. The zero-order valence-electron chi connectivity index (χ0n) is 9.46. The van der Waals surface area contributed by atoms with Gasteiger partial charge in [0.1, 0.15) is 11.4 Å². The van der Waals surface area contributed by atoms with Crippen molar-refractivity contribution in [3.8, 4) is 0 Å². The second-order valence-corrected chi connectivity index (χ2v) is 3.39. The van der Waals surface area contributed by atoms with Crippen molar-refractivity contribution in [1.29, 1.82) is 0 Å². The molecule has 0 heterocycles. The van der Waals surface area contributed by atoms with E-state index in [0.717, 1.165) is 0 Å². The molecule has 0 bridgehead atoms. The molecule has 1 amide bonds. The second kappa shape index (κ2) is 6.74. The van der Waals surface area contributed by atoms with Crippen molar-refractivity contribution in [1.82, 2.24) is 0 Å². The Balaban J connectivity index is 3.03. The Morgan fingerprint density at radius 2 is 1.84 bits per heavy atom. The van der Waals surface area contributed by atoms with Gasteiger partial charge < -0.3 is 5.84 Å². The molecule has 1 aromatic rings. The highest BCUT2D eigenvalue weighted by atomic mass is 16.3. The molecule has 19 heavy (non-hydrogen) atoms. The molecule has 0 aliphatic heterocycles. The van der Waals surface area contributed by atoms with Crippen molar-refractivity contribution in [2.24, 2.45) is 31.7 Å². The van der Waals surface area contributed by atoms with Gasteiger partial charge in [0.15, 0.2) is 6.04 Å². The summed E-state index contributed by atoms with van der Waals surface area (Å²) in [4.78, 5) is 42.2. The number of hydrogen-bond acceptors (Lipinski definition) is 8. The summed E-state index contributed by atoms with van der Waals surface area (Å²) in [5, 5.41) is 13.7. The zero-order valence-corrected chi connectivity index (χ0v) is 9.46. The Labute approximate surface area is 106 Å². The molecule has 1 atom stereocenters. The van der Waals surface area contributed by atoms with Crippen LogP contribution >= 0.6 is 0 Å². The highest BCUT2D eigenvalue weighted by molar-refractivity contribution is 5.82. The van der Waals surface area contributed by atoms with Crippen molar-refractivity contribution in [2.45, 2.75) is 12.5 Å². The van der Waals surface area contributed by atoms with Crippen molar-refractivity contribution in [3.05, 3.63) is 38.5 Å². The minimum absolute atomic E-state index is 0.0626. The smallest absolute Gasteiger partial charge is 0.305 e. The number of nitrogens with zero attached hydrogens (tertiary/aromatic N) is 5. The van der Waals surface area contributed by atoms with Gasteiger partial charge in [0.25, 0.3) is 0 Å². The van der Waals surface area contributed by atoms with Crippen LogP contribution in [0.15, 0.2) is 44.1 Å². The summed E-state index contributed by atoms with van der Waals surface area (Å²) in [7, 11) is 0. The van der Waals surface area contributed by atoms with E-state index in [1.165, 1.54) is 18.2 Å². The quantitative estimate of drug-likeness (QED) is 0.359. The molecule has 0 radical (unpaired) electrons. The van der Waals surface area contributed by atoms with Gasteiger partial charge in [0.05, 0.1) is 0 Å². The maximum absolute atomic E-state index is 11.1. The van der Waals surface area contributed by atoms with Gasteiger partial charge in [-0.1, -0.05) is 11.3 Å². The molecular formula is C9H8N6O4. The lowest BCUT2D eigenvalue weighted by molar-refractivity contribution is -0.119. The standard InChI is InChI=1S/C9H8N6O4/c10-15-11-8(9(16)14-19)4-5-1-2-6(12-17)7(3-5)13-18/h1-3,8H,4H2,(H2,10,11)/t8-/m0/s1. The minimum atomic E-state index is -1.18. The number of rotatable bonds is 6. The summed E-state index contributed by atoms with van der Waals surface area (Å²) in [5.74, 6) is 3.77. The number of nitrogens with two attached hydrogens (primary N) is 1. The summed E-state index contributed by atoms with van der Waals surface area (Å²) in [5.41, 5.74) is 0.120. The summed E-state index contributed by atoms with van der Waals surface area (Å²) in [6, 6.07) is 2.76. The zero-order chi connectivity index (χ0) is 14.3. The fourth-order valence-electron chi connectivity index (χ4n) is 1.39. The summed E-state index contributed by atoms with van der Waals surface area (Å²) < 4.78 is 0. The molecule has 0 unspecified atom stereocenters. The van der Waals surface area contributed by atoms with Crippen LogP contribution in [0.3, 0.4) is 0 Å². The Bertz CT molecular complexity index is 544. The summed E-state index contributed by atoms with van der Waals surface area (Å²) in [6.45, 7) is 0. The largest absolute Gasteiger partial charge is 0.312 e. The first-order chi connectivity index (χ1) is 9.15. The van der Waals surface area contributed by atoms with Crippen molar-refractivity contribution >= 4 is 17.3 Å². The molecule has 0 saturated carbocycles. The number of hydrogen-bond donors (Lipinski definition) is 1. The lowest BCUT2D eigenvalue weighted by Crippen LogP contribution is -2.19. The molecule has 0 aliphatic carbocycles. The number of carbonyl (C=O) groups excluding carboxylic acids is 1. The van der Waals surface area contributed by atoms with Crippen LogP contribution in [-0.4, -0.2) is 11.9 Å². The first-order valence-electron chi connectivity index (χ1n) is 4.93. The highest BCUT2D eigenvalue weighted by Gasteiger charge is 2.20. The predicted octanol–water partition coefficient (Wildman–Crippen LogP) is 2.01. The molecule has 10 nitrogen and oxygen atoms in total. The van der Waals surface area contributed by atoms with Gasteiger partial charge in [-0.3, -0.25) is 4.79 Å². The molecule has 1 rings (SSSR count). The van der Waals surface area contributed by atoms with Gasteiger partial charge in [-0.15, -0.1) is 14.7 Å². The Morgan fingerprint density at radius 1 is 1.16 bits per heavy atom. The third kappa shape index (κ3) is 3.52. The van der Waals surface area contributed by atoms with Gasteiger partial charge >= 0.3 is 5.91 Å². The van der Waals surface area contributed by atoms with Crippen LogP contribution in [0.1, 0.15) is 5.56 Å². The third-order valence-electron chi connectivity index (χ3n) is 2.25. The maximum atomic E-state index is 11.1. The van der Waals surface area contributed by atoms with Gasteiger partial charge in [0.2, 0.25) is 0 Å². The van der Waals surface area contributed by atoms with E-state index in [1.807, 2.05) is 0 Å². The maximum Gasteiger partial charge on any atom is 0.312 e. The Morgan fingerprint density at radius 3 is 2.37 bits per heavy atom. The van der Waals surface area contributed by atoms with E-state index >= 15 is 0 Å². The topological polar surface area (TPSA) is 156 Å². The van der Waals surface area contributed by atoms with Crippen LogP contribution in [0.4, 0.5) is 11.4 Å². The van der Waals surface area contributed by atoms with E-state index in [-0.39, 0.29) is 17.8 Å². The van der Waals surface area contributed by atoms with Gasteiger partial charge in [-0.25, -0.2) is 0 Å². The van der Waals surface area contributed by atoms with Crippen LogP contribution in [0.25, 0.3) is 0 Å². The third-order valence-corrected chi connectivity index (χ3v) is 2.25. The minimum Gasteiger partial charge on any atom is -0.305 e. The van der Waals surface area contributed by atoms with E-state index in [2.05, 4.69) is 25.9 Å². The van der Waals surface area contributed by atoms with E-state index in [1.54, 1.807) is 0 Å². The van der Waals surface area contributed by atoms with Crippen molar-refractivity contribution in [2.75, 3.05) is 0 Å². The van der Waals surface area contributed by atoms with Gasteiger partial charge in [-0.2, -0.15) is 5.11 Å². The molecule has 98 valence electrons. The molecule has 2 N–H and O–H groups in total. The average molecular weight is 264 g/mol. The molecule has 10 heteroatoms. The van der Waals surface area contributed by atoms with Crippen LogP contribution in [-0.2, 0) is 11.2 Å². The molecule has 0 spiro atoms. The van der Waals surface area contributed by atoms with E-state index < -0.39 is 11.9 Å². The van der Waals surface area contributed by atoms with E-state index in [9.17, 15) is 19.5 Å². The molecule has 0 fully saturated rings. The molecule has 0 saturated heterocycles. The number of nitroso groups, excluding NO2 is 3. The lowest BCUT2D eigenvalue weighted by Gasteiger charge is -2.06. The number of amides is 1. The number of carbonyl (C=O) groups is 1. The van der Waals surface area contributed by atoms with Crippen LogP contribution in [0, 0.1) is 14.7 Å². The lowest BCUT2D eigenvalue weighted by atomic mass is 10.0. The second-order valence-electron chi connectivity index (χ2n) is 3.39. The summed E-state index contributed by atoms with van der Waals surface area (Å²) >= 11 is 0. The first kappa shape index (κ1) is 14.2. The highest BCUT2D eigenvalue weighted by Crippen LogP contribution is 2.29. The van der Waals surface area contributed by atoms with Crippen molar-refractivity contribution in [3.63, 3.8) is 0 Å². The van der Waals surface area contributed by atoms with Gasteiger partial charge in [0, 0.05) is 11.6 Å². The van der Waals surface area contributed by atoms with Crippen LogP contribution < -0.4 is 5.84 Å². The van der Waals surface area contributed by atoms with E-state index in [4.69, 9.17) is 5.84 Å². The molecule has 0 aliphatic rings. The fraction of sp³-hybridized carbons (Fsp3) is 0.222. The van der Waals surface area contributed by atoms with Crippen molar-refractivity contribution < 1.29 is 4.79 Å². The first-order valence-corrected chi connectivity index (χ1v) is 4.93. The molecule has 1 aromatic carbocycles.